The molecule has 0 spiro atoms. The molecule has 5 saturated heterocycles. The van der Waals surface area contributed by atoms with Crippen molar-refractivity contribution in [2.45, 2.75) is 132 Å². The number of ether oxygens (including phenoxy) is 5. The van der Waals surface area contributed by atoms with Gasteiger partial charge >= 0.3 is 41.4 Å². The van der Waals surface area contributed by atoms with Gasteiger partial charge in [-0.1, -0.05) is 18.4 Å². The van der Waals surface area contributed by atoms with Crippen LogP contribution in [-0.2, 0) is 64.9 Å². The zero-order valence-corrected chi connectivity index (χ0v) is 43.7. The molecule has 68 heavy (non-hydrogen) atoms. The number of phosphoric acid groups is 3. The first-order valence-corrected chi connectivity index (χ1v) is 23.3. The normalized spacial score (nSPS) is 34.1. The fraction of sp³-hybridized carbons (Fsp3) is 0.862. The van der Waals surface area contributed by atoms with Crippen molar-refractivity contribution in [3.8, 4) is 0 Å². The fourth-order valence-corrected chi connectivity index (χ4v) is 8.51. The van der Waals surface area contributed by atoms with Crippen LogP contribution in [0.15, 0.2) is 5.16 Å². The van der Waals surface area contributed by atoms with E-state index in [0.717, 1.165) is 6.42 Å². The van der Waals surface area contributed by atoms with E-state index in [0.29, 0.717) is 18.8 Å². The molecule has 383 valence electrons. The van der Waals surface area contributed by atoms with Crippen molar-refractivity contribution in [3.63, 3.8) is 0 Å². The van der Waals surface area contributed by atoms with Crippen molar-refractivity contribution in [2.75, 3.05) is 13.2 Å². The summed E-state index contributed by atoms with van der Waals surface area (Å²) in [4.78, 5) is 66.6. The van der Waals surface area contributed by atoms with Gasteiger partial charge in [-0.05, 0) is 50.9 Å². The second-order valence-electron chi connectivity index (χ2n) is 14.0. The van der Waals surface area contributed by atoms with Gasteiger partial charge in [-0.3, -0.25) is 4.89 Å². The number of carbonyl (C=O) groups is 3. The van der Waals surface area contributed by atoms with E-state index in [1.54, 1.807) is 6.92 Å². The van der Waals surface area contributed by atoms with Crippen LogP contribution in [0.3, 0.4) is 0 Å². The molecule has 0 aliphatic carbocycles. The number of carbonyl (C=O) groups excluding carboxylic acids is 1. The van der Waals surface area contributed by atoms with E-state index in [1.807, 2.05) is 13.8 Å². The largest absolute Gasteiger partial charge is 0.538 e. The van der Waals surface area contributed by atoms with E-state index in [9.17, 15) is 33.2 Å². The number of phosphoric ester groups is 1. The second-order valence-corrected chi connectivity index (χ2v) is 18.3. The summed E-state index contributed by atoms with van der Waals surface area (Å²) >= 11 is 0. The molecule has 0 aromatic rings. The molecule has 39 heteroatoms. The van der Waals surface area contributed by atoms with Crippen LogP contribution in [0.25, 0.3) is 0 Å². The molecule has 5 fully saturated rings. The third-order valence-electron chi connectivity index (χ3n) is 8.39. The number of aliphatic hydroxyl groups excluding tert-OH is 5. The predicted octanol–water partition coefficient (Wildman–Crippen LogP) is -4.77. The van der Waals surface area contributed by atoms with E-state index in [-0.39, 0.29) is 88.1 Å². The van der Waals surface area contributed by atoms with Crippen LogP contribution in [0.1, 0.15) is 54.3 Å². The van der Waals surface area contributed by atoms with Crippen molar-refractivity contribution >= 4 is 86.8 Å². The minimum atomic E-state index is -5.73. The SMILES string of the molecule is C/C=N/O.OF.[3H]O.[Ac].[B][C@H]1C[C@@H](C)[C@@H](C(=O)O)O1.[B][C@H]1C[C@@H](C)[C@@H](CO)O1.[B][C@H]1C[C@@H](O)[C@@H](C(=O)O)O1.[B][C@H]1C[C@@H](O)[C@@H](C(=O)OP(=O)(O)OP(=O)(O)OP(=O)(O)O)O1.[B][C@H]1C[C@@H](O)[C@@H](CO)O1. The number of carboxylic acids is 2. The van der Waals surface area contributed by atoms with Gasteiger partial charge in [0.15, 0.2) is 18.3 Å². The van der Waals surface area contributed by atoms with Crippen molar-refractivity contribution < 1.29 is 186 Å². The number of nitrogens with zero attached hydrogens (tertiary/aromatic N) is 1. The zero-order valence-electron chi connectivity index (χ0n) is 37.3. The number of aliphatic carboxylic acids is 2. The van der Waals surface area contributed by atoms with Gasteiger partial charge in [0.25, 0.3) is 0 Å². The Kier molecular flexibility index (Phi) is 38.5. The molecule has 11 radical (unpaired) electrons. The number of rotatable bonds is 10. The fourth-order valence-electron chi connectivity index (χ4n) is 5.54. The number of aliphatic hydroxyl groups is 5. The molecule has 0 aromatic carbocycles. The monoisotopic (exact) mass is 1260 g/mol. The van der Waals surface area contributed by atoms with Gasteiger partial charge in [0.05, 0.1) is 37.6 Å². The maximum atomic E-state index is 11.4. The summed E-state index contributed by atoms with van der Waals surface area (Å²) in [7, 11) is 9.69. The molecule has 17 atom stereocenters. The molecule has 5 heterocycles. The summed E-state index contributed by atoms with van der Waals surface area (Å²) in [5.41, 5.74) is 6.25. The summed E-state index contributed by atoms with van der Waals surface area (Å²) < 4.78 is 80.9. The minimum Gasteiger partial charge on any atom is -0.479 e. The standard InChI is InChI=1S/C6H9BO3.C6H11BO2.C5H10BO13P3.C5H7BO4.C5H9BO3.C2H5NO.Ac.FHO.H2O/c1-3-2-4(7)10-5(3)6(8)9;1-4-2-6(7)9-5(4)3-8;6-3-1-2(7)4(16-3)5(8)17-21(12,13)19-22(14,15)18-20(9,10)11;6-3-1-2(7)4(10-3)5(8)9;6-5-1-3(8)4(2-7)9-5;1-2-3-4;;1-2;/h3-5H,2H2,1H3,(H,8,9);4-6,8H,2-3H2,1H3;2-4,7H,1H2,(H,12,13)(H,14,15)(H2,9,10,11);2-4,7H,1H2,(H,8,9);3-5,7-8H,1-2H2;2,4H,1H3;;2H;1H2/b;;;;;3-2+;;;/t3-,4-,5+;4-,5-,6-;2*2-,3-,4+;3-,4-,5-;;;;/m11111..../s1/i/hT. The van der Waals surface area contributed by atoms with E-state index in [1.165, 1.54) is 6.21 Å². The molecule has 29 nitrogen and oxygen atoms in total. The molecule has 0 saturated carbocycles. The molecular formula is C29H54AcB5FNO28P3. The molecule has 15 N–H and O–H groups in total. The van der Waals surface area contributed by atoms with Gasteiger partial charge in [0.1, 0.15) is 45.3 Å². The number of halogens is 1. The molecule has 5 rings (SSSR count). The van der Waals surface area contributed by atoms with Crippen molar-refractivity contribution in [1.82, 2.24) is 0 Å². The van der Waals surface area contributed by atoms with Crippen LogP contribution in [0.5, 0.6) is 0 Å². The third-order valence-corrected chi connectivity index (χ3v) is 12.1. The maximum Gasteiger partial charge on any atom is 0.538 e. The second kappa shape index (κ2) is 36.5. The Bertz CT molecular complexity index is 1570. The Labute approximate surface area is 432 Å². The third kappa shape index (κ3) is 31.2. The molecule has 5 aliphatic rings. The molecular weight excluding hydrogens is 1200 g/mol. The number of oxime groups is 1. The first-order chi connectivity index (χ1) is 31.3. The Morgan fingerprint density at radius 1 is 0.662 bits per heavy atom. The van der Waals surface area contributed by atoms with Crippen LogP contribution in [0.4, 0.5) is 4.53 Å². The minimum absolute atomic E-state index is 0. The van der Waals surface area contributed by atoms with Gasteiger partial charge in [-0.15, -0.1) is 5.16 Å². The van der Waals surface area contributed by atoms with Crippen LogP contribution in [0.2, 0.25) is 0 Å². The van der Waals surface area contributed by atoms with E-state index < -0.39 is 108 Å². The number of hydrogen-bond donors (Lipinski definition) is 13. The Morgan fingerprint density at radius 3 is 1.25 bits per heavy atom. The summed E-state index contributed by atoms with van der Waals surface area (Å²) in [5, 5.41) is 76.9. The number of carboxylic acid groups (broad SMARTS) is 2. The summed E-state index contributed by atoms with van der Waals surface area (Å²) in [6, 6.07) is -2.64. The van der Waals surface area contributed by atoms with Crippen molar-refractivity contribution in [2.24, 2.45) is 17.0 Å². The number of hydrogen-bond acceptors (Lipinski definition) is 22. The van der Waals surface area contributed by atoms with E-state index in [4.69, 9.17) is 126 Å². The maximum absolute atomic E-state index is 11.4. The van der Waals surface area contributed by atoms with Gasteiger partial charge < -0.3 is 89.3 Å². The first-order valence-electron chi connectivity index (χ1n) is 19.2. The van der Waals surface area contributed by atoms with E-state index in [2.05, 4.69) is 27.8 Å². The topological polar surface area (TPSA) is 483 Å². The van der Waals surface area contributed by atoms with Crippen molar-refractivity contribution in [3.05, 3.63) is 0 Å². The molecule has 2 unspecified atom stereocenters. The van der Waals surface area contributed by atoms with Gasteiger partial charge in [-0.25, -0.2) is 33.4 Å². The Balaban J connectivity index is -0.000000384. The van der Waals surface area contributed by atoms with Crippen LogP contribution < -0.4 is 0 Å². The molecule has 5 aliphatic heterocycles. The van der Waals surface area contributed by atoms with Gasteiger partial charge in [0.2, 0.25) is 1.43 Å². The first kappa shape index (κ1) is 71.8. The summed E-state index contributed by atoms with van der Waals surface area (Å²) in [6.07, 6.45) is -3.88. The molecule has 0 aromatic heterocycles. The smallest absolute Gasteiger partial charge is 0.479 e. The summed E-state index contributed by atoms with van der Waals surface area (Å²) in [6.45, 7) is 5.43. The summed E-state index contributed by atoms with van der Waals surface area (Å²) in [5.74, 6) is -3.29. The van der Waals surface area contributed by atoms with E-state index >= 15 is 0 Å². The van der Waals surface area contributed by atoms with Crippen LogP contribution >= 0.6 is 23.5 Å². The average molecular weight is 1260 g/mol. The van der Waals surface area contributed by atoms with Gasteiger partial charge in [0, 0.05) is 80.3 Å². The van der Waals surface area contributed by atoms with Crippen molar-refractivity contribution in [1.29, 1.82) is 0 Å². The van der Waals surface area contributed by atoms with Gasteiger partial charge in [-0.2, -0.15) is 8.62 Å². The molecule has 0 amide bonds. The Hall–Kier alpha value is -0.454. The average Bonchev–Trinajstić information content (AvgIpc) is 4.02. The zero-order chi connectivity index (χ0) is 53.9. The Morgan fingerprint density at radius 2 is 1.01 bits per heavy atom. The van der Waals surface area contributed by atoms with Crippen LogP contribution in [0, 0.1) is 55.9 Å². The molecule has 0 bridgehead atoms. The van der Waals surface area contributed by atoms with Crippen LogP contribution in [-0.4, -0.2) is 227 Å². The predicted molar refractivity (Wildman–Crippen MR) is 224 cm³/mol. The quantitative estimate of drug-likeness (QED) is 0.0321.